The van der Waals surface area contributed by atoms with Crippen LogP contribution in [0, 0.1) is 5.92 Å². The van der Waals surface area contributed by atoms with Crippen LogP contribution in [0.2, 0.25) is 0 Å². The van der Waals surface area contributed by atoms with Gasteiger partial charge >= 0.3 is 6.18 Å². The van der Waals surface area contributed by atoms with Gasteiger partial charge in [0.15, 0.2) is 0 Å². The Hall–Kier alpha value is -1.04. The molecule has 0 radical (unpaired) electrons. The molecule has 0 bridgehead atoms. The fourth-order valence-corrected chi connectivity index (χ4v) is 1.79. The van der Waals surface area contributed by atoms with Gasteiger partial charge in [0, 0.05) is 6.42 Å². The van der Waals surface area contributed by atoms with E-state index in [-0.39, 0.29) is 11.7 Å². The lowest BCUT2D eigenvalue weighted by Crippen LogP contribution is -2.13. The first-order chi connectivity index (χ1) is 7.07. The van der Waals surface area contributed by atoms with E-state index < -0.39 is 11.7 Å². The van der Waals surface area contributed by atoms with Crippen molar-refractivity contribution >= 4 is 0 Å². The molecule has 0 saturated carbocycles. The minimum Gasteiger partial charge on any atom is -0.361 e. The van der Waals surface area contributed by atoms with Gasteiger partial charge in [-0.1, -0.05) is 5.16 Å². The van der Waals surface area contributed by atoms with Gasteiger partial charge in [0.2, 0.25) is 0 Å². The van der Waals surface area contributed by atoms with E-state index in [9.17, 15) is 13.2 Å². The Labute approximate surface area is 84.6 Å². The highest BCUT2D eigenvalue weighted by atomic mass is 19.4. The van der Waals surface area contributed by atoms with Crippen LogP contribution in [0.25, 0.3) is 0 Å². The Kier molecular flexibility index (Phi) is 2.68. The van der Waals surface area contributed by atoms with Crippen LogP contribution in [0.5, 0.6) is 0 Å². The lowest BCUT2D eigenvalue weighted by molar-refractivity contribution is -0.138. The van der Waals surface area contributed by atoms with Gasteiger partial charge in [-0.2, -0.15) is 13.2 Å². The molecule has 1 atom stereocenters. The number of aromatic nitrogens is 1. The number of alkyl halides is 3. The van der Waals surface area contributed by atoms with Crippen LogP contribution in [0.3, 0.4) is 0 Å². The third-order valence-corrected chi connectivity index (χ3v) is 2.59. The fraction of sp³-hybridized carbons (Fsp3) is 0.667. The highest BCUT2D eigenvalue weighted by molar-refractivity contribution is 5.18. The summed E-state index contributed by atoms with van der Waals surface area (Å²) >= 11 is 0. The normalized spacial score (nSPS) is 22.2. The summed E-state index contributed by atoms with van der Waals surface area (Å²) in [6.07, 6.45) is -2.42. The highest BCUT2D eigenvalue weighted by Crippen LogP contribution is 2.33. The van der Waals surface area contributed by atoms with Crippen molar-refractivity contribution in [1.82, 2.24) is 10.5 Å². The molecule has 1 aliphatic rings. The lowest BCUT2D eigenvalue weighted by Gasteiger charge is -2.08. The molecular weight excluding hydrogens is 209 g/mol. The number of nitrogens with one attached hydrogen (secondary N) is 1. The first-order valence-corrected chi connectivity index (χ1v) is 4.79. The van der Waals surface area contributed by atoms with Gasteiger partial charge in [0.05, 0.1) is 6.20 Å². The molecule has 1 aliphatic heterocycles. The molecule has 2 rings (SSSR count). The summed E-state index contributed by atoms with van der Waals surface area (Å²) < 4.78 is 42.0. The van der Waals surface area contributed by atoms with E-state index in [4.69, 9.17) is 0 Å². The lowest BCUT2D eigenvalue weighted by atomic mass is 10.0. The third-order valence-electron chi connectivity index (χ3n) is 2.59. The second kappa shape index (κ2) is 3.84. The number of rotatable bonds is 2. The van der Waals surface area contributed by atoms with Gasteiger partial charge in [-0.25, -0.2) is 0 Å². The number of halogens is 3. The Morgan fingerprint density at radius 3 is 2.93 bits per heavy atom. The van der Waals surface area contributed by atoms with Crippen LogP contribution in [-0.4, -0.2) is 18.2 Å². The van der Waals surface area contributed by atoms with Gasteiger partial charge in [-0.15, -0.1) is 0 Å². The zero-order valence-electron chi connectivity index (χ0n) is 7.97. The zero-order valence-corrected chi connectivity index (χ0v) is 7.97. The Balaban J connectivity index is 2.11. The average Bonchev–Trinajstić information content (AvgIpc) is 2.73. The van der Waals surface area contributed by atoms with Crippen LogP contribution >= 0.6 is 0 Å². The van der Waals surface area contributed by atoms with Gasteiger partial charge < -0.3 is 9.84 Å². The quantitative estimate of drug-likeness (QED) is 0.826. The van der Waals surface area contributed by atoms with Gasteiger partial charge in [-0.3, -0.25) is 0 Å². The topological polar surface area (TPSA) is 38.1 Å². The average molecular weight is 220 g/mol. The zero-order chi connectivity index (χ0) is 10.9. The predicted octanol–water partition coefficient (Wildman–Crippen LogP) is 1.85. The number of hydrogen-bond acceptors (Lipinski definition) is 3. The van der Waals surface area contributed by atoms with Crippen molar-refractivity contribution in [3.8, 4) is 0 Å². The van der Waals surface area contributed by atoms with Crippen molar-refractivity contribution in [2.45, 2.75) is 19.0 Å². The first-order valence-electron chi connectivity index (χ1n) is 4.79. The molecule has 6 heteroatoms. The molecule has 1 aromatic heterocycles. The molecule has 3 nitrogen and oxygen atoms in total. The molecule has 84 valence electrons. The molecule has 1 aromatic rings. The van der Waals surface area contributed by atoms with E-state index in [1.807, 2.05) is 0 Å². The maximum absolute atomic E-state index is 12.4. The van der Waals surface area contributed by atoms with Crippen molar-refractivity contribution in [2.24, 2.45) is 5.92 Å². The molecule has 15 heavy (non-hydrogen) atoms. The SMILES string of the molecule is FC(F)(F)c1cnoc1CC1CCNC1. The molecule has 2 heterocycles. The van der Waals surface area contributed by atoms with Crippen LogP contribution in [0.1, 0.15) is 17.7 Å². The van der Waals surface area contributed by atoms with Gasteiger partial charge in [-0.05, 0) is 25.4 Å². The van der Waals surface area contributed by atoms with E-state index in [0.29, 0.717) is 6.42 Å². The molecule has 1 unspecified atom stereocenters. The van der Waals surface area contributed by atoms with Crippen molar-refractivity contribution in [3.63, 3.8) is 0 Å². The van der Waals surface area contributed by atoms with E-state index in [2.05, 4.69) is 15.0 Å². The summed E-state index contributed by atoms with van der Waals surface area (Å²) in [5.74, 6) is 0.176. The summed E-state index contributed by atoms with van der Waals surface area (Å²) in [6.45, 7) is 1.61. The molecule has 0 amide bonds. The Bertz CT molecular complexity index is 328. The van der Waals surface area contributed by atoms with Crippen LogP contribution in [0.15, 0.2) is 10.7 Å². The van der Waals surface area contributed by atoms with Crippen LogP contribution in [-0.2, 0) is 12.6 Å². The molecule has 1 fully saturated rings. The summed E-state index contributed by atoms with van der Waals surface area (Å²) in [4.78, 5) is 0. The predicted molar refractivity (Wildman–Crippen MR) is 46.2 cm³/mol. The van der Waals surface area contributed by atoms with Crippen molar-refractivity contribution in [1.29, 1.82) is 0 Å². The van der Waals surface area contributed by atoms with E-state index in [0.717, 1.165) is 25.7 Å². The summed E-state index contributed by atoms with van der Waals surface area (Å²) in [7, 11) is 0. The highest BCUT2D eigenvalue weighted by Gasteiger charge is 2.37. The van der Waals surface area contributed by atoms with E-state index in [1.165, 1.54) is 0 Å². The monoisotopic (exact) mass is 220 g/mol. The third kappa shape index (κ3) is 2.31. The maximum Gasteiger partial charge on any atom is 0.421 e. The Morgan fingerprint density at radius 1 is 1.53 bits per heavy atom. The molecule has 0 aliphatic carbocycles. The van der Waals surface area contributed by atoms with E-state index >= 15 is 0 Å². The summed E-state index contributed by atoms with van der Waals surface area (Å²) in [5, 5.41) is 6.31. The van der Waals surface area contributed by atoms with Crippen molar-refractivity contribution in [3.05, 3.63) is 17.5 Å². The summed E-state index contributed by atoms with van der Waals surface area (Å²) in [5.41, 5.74) is -0.741. The summed E-state index contributed by atoms with van der Waals surface area (Å²) in [6, 6.07) is 0. The molecular formula is C9H11F3N2O. The second-order valence-corrected chi connectivity index (χ2v) is 3.72. The number of nitrogens with zero attached hydrogens (tertiary/aromatic N) is 1. The molecule has 0 aromatic carbocycles. The van der Waals surface area contributed by atoms with E-state index in [1.54, 1.807) is 0 Å². The van der Waals surface area contributed by atoms with Crippen LogP contribution in [0.4, 0.5) is 13.2 Å². The fourth-order valence-electron chi connectivity index (χ4n) is 1.79. The first kappa shape index (κ1) is 10.5. The molecule has 1 N–H and O–H groups in total. The van der Waals surface area contributed by atoms with Crippen molar-refractivity contribution in [2.75, 3.05) is 13.1 Å². The maximum atomic E-state index is 12.4. The standard InChI is InChI=1S/C9H11F3N2O/c10-9(11,12)7-5-14-15-8(7)3-6-1-2-13-4-6/h5-6,13H,1-4H2. The van der Waals surface area contributed by atoms with Gasteiger partial charge in [0.25, 0.3) is 0 Å². The molecule has 1 saturated heterocycles. The minimum atomic E-state index is -4.36. The van der Waals surface area contributed by atoms with Gasteiger partial charge in [0.1, 0.15) is 11.3 Å². The minimum absolute atomic E-state index is 0.0452. The smallest absolute Gasteiger partial charge is 0.361 e. The van der Waals surface area contributed by atoms with Crippen molar-refractivity contribution < 1.29 is 17.7 Å². The second-order valence-electron chi connectivity index (χ2n) is 3.72. The van der Waals surface area contributed by atoms with Crippen LogP contribution < -0.4 is 5.32 Å². The Morgan fingerprint density at radius 2 is 2.33 bits per heavy atom. The number of hydrogen-bond donors (Lipinski definition) is 1. The molecule has 0 spiro atoms. The largest absolute Gasteiger partial charge is 0.421 e.